The molecule has 3 amide bonds. The van der Waals surface area contributed by atoms with Crippen molar-refractivity contribution in [2.75, 3.05) is 33.7 Å². The minimum absolute atomic E-state index is 0.0687. The number of guanidine groups is 1. The van der Waals surface area contributed by atoms with Gasteiger partial charge in [-0.15, -0.1) is 0 Å². The molecule has 2 aromatic rings. The Morgan fingerprint density at radius 1 is 1.09 bits per heavy atom. The topological polar surface area (TPSA) is 96.8 Å². The molecule has 2 saturated heterocycles. The molecule has 2 fully saturated rings. The van der Waals surface area contributed by atoms with Gasteiger partial charge in [0.25, 0.3) is 11.8 Å². The summed E-state index contributed by atoms with van der Waals surface area (Å²) in [5.41, 5.74) is 2.10. The number of likely N-dealkylation sites (tertiary alicyclic amines) is 1. The molecule has 1 atom stereocenters. The van der Waals surface area contributed by atoms with Crippen molar-refractivity contribution in [2.24, 2.45) is 5.92 Å². The number of nitrogens with one attached hydrogen (secondary N) is 2. The zero-order valence-electron chi connectivity index (χ0n) is 20.8. The van der Waals surface area contributed by atoms with Crippen LogP contribution in [0.5, 0.6) is 0 Å². The summed E-state index contributed by atoms with van der Waals surface area (Å²) in [6.45, 7) is 5.25. The molecule has 1 unspecified atom stereocenters. The number of carbonyl (C=O) groups excluding carboxylic acids is 3. The third-order valence-electron chi connectivity index (χ3n) is 7.10. The van der Waals surface area contributed by atoms with Gasteiger partial charge in [0, 0.05) is 46.2 Å². The highest BCUT2D eigenvalue weighted by atomic mass is 16.2. The number of nitrogens with zero attached hydrogens (tertiary/aromatic N) is 3. The lowest BCUT2D eigenvalue weighted by molar-refractivity contribution is -0.133. The number of hydrogen-bond acceptors (Lipinski definition) is 4. The maximum absolute atomic E-state index is 13.6. The average molecular weight is 476 g/mol. The molecular weight excluding hydrogens is 442 g/mol. The van der Waals surface area contributed by atoms with E-state index in [1.54, 1.807) is 32.0 Å². The highest BCUT2D eigenvalue weighted by Crippen LogP contribution is 2.33. The van der Waals surface area contributed by atoms with E-state index >= 15 is 0 Å². The van der Waals surface area contributed by atoms with Crippen molar-refractivity contribution in [3.63, 3.8) is 0 Å². The van der Waals surface area contributed by atoms with E-state index in [2.05, 4.69) is 5.32 Å². The number of piperidine rings is 1. The molecule has 4 rings (SSSR count). The Kier molecular flexibility index (Phi) is 6.65. The maximum Gasteiger partial charge on any atom is 0.259 e. The minimum Gasteiger partial charge on any atom is -0.345 e. The molecule has 2 aromatic carbocycles. The van der Waals surface area contributed by atoms with Gasteiger partial charge in [-0.2, -0.15) is 0 Å². The first-order chi connectivity index (χ1) is 16.6. The Morgan fingerprint density at radius 3 is 2.34 bits per heavy atom. The molecule has 35 heavy (non-hydrogen) atoms. The van der Waals surface area contributed by atoms with Crippen LogP contribution in [0, 0.1) is 11.3 Å². The van der Waals surface area contributed by atoms with Crippen LogP contribution in [0.25, 0.3) is 11.1 Å². The van der Waals surface area contributed by atoms with E-state index in [-0.39, 0.29) is 29.6 Å². The molecular formula is C27H33N5O3. The van der Waals surface area contributed by atoms with Crippen molar-refractivity contribution in [1.82, 2.24) is 20.0 Å². The number of carbonyl (C=O) groups is 3. The molecule has 0 aromatic heterocycles. The highest BCUT2D eigenvalue weighted by Gasteiger charge is 2.47. The van der Waals surface area contributed by atoms with Crippen LogP contribution in [-0.4, -0.2) is 72.1 Å². The standard InChI is InChI=1S/C27H33N5O3/c1-18(33)31-13-11-19(12-14-31)17-32-25(35)27(2,29-26(32)28)23-10-6-8-21(16-23)20-7-5-9-22(15-20)24(34)30(3)4/h5-10,15-16,19H,11-14,17H2,1-4H3,(H2,28,29). The molecule has 184 valence electrons. The Balaban J connectivity index is 1.54. The first-order valence-electron chi connectivity index (χ1n) is 12.0. The summed E-state index contributed by atoms with van der Waals surface area (Å²) >= 11 is 0. The van der Waals surface area contributed by atoms with Crippen LogP contribution in [0.2, 0.25) is 0 Å². The second kappa shape index (κ2) is 9.52. The number of rotatable bonds is 5. The second-order valence-corrected chi connectivity index (χ2v) is 9.82. The van der Waals surface area contributed by atoms with Crippen LogP contribution in [0.4, 0.5) is 0 Å². The van der Waals surface area contributed by atoms with Gasteiger partial charge in [0.1, 0.15) is 5.54 Å². The third-order valence-corrected chi connectivity index (χ3v) is 7.10. The summed E-state index contributed by atoms with van der Waals surface area (Å²) in [6, 6.07) is 15.1. The molecule has 0 aliphatic carbocycles. The van der Waals surface area contributed by atoms with Crippen molar-refractivity contribution in [3.05, 3.63) is 59.7 Å². The van der Waals surface area contributed by atoms with Gasteiger partial charge in [0.05, 0.1) is 0 Å². The monoisotopic (exact) mass is 475 g/mol. The van der Waals surface area contributed by atoms with Crippen molar-refractivity contribution < 1.29 is 14.4 Å². The predicted octanol–water partition coefficient (Wildman–Crippen LogP) is 2.90. The molecule has 2 aliphatic heterocycles. The fourth-order valence-electron chi connectivity index (χ4n) is 4.89. The number of benzene rings is 2. The number of hydrogen-bond donors (Lipinski definition) is 2. The lowest BCUT2D eigenvalue weighted by Crippen LogP contribution is -2.43. The average Bonchev–Trinajstić information content (AvgIpc) is 3.07. The molecule has 0 saturated carbocycles. The van der Waals surface area contributed by atoms with E-state index in [1.807, 2.05) is 54.3 Å². The lowest BCUT2D eigenvalue weighted by atomic mass is 9.89. The van der Waals surface area contributed by atoms with Crippen molar-refractivity contribution >= 4 is 23.7 Å². The summed E-state index contributed by atoms with van der Waals surface area (Å²) in [5, 5.41) is 11.6. The van der Waals surface area contributed by atoms with Gasteiger partial charge >= 0.3 is 0 Å². The highest BCUT2D eigenvalue weighted by molar-refractivity contribution is 6.08. The zero-order valence-corrected chi connectivity index (χ0v) is 20.8. The Morgan fingerprint density at radius 2 is 1.71 bits per heavy atom. The van der Waals surface area contributed by atoms with E-state index in [9.17, 15) is 14.4 Å². The van der Waals surface area contributed by atoms with Crippen LogP contribution in [0.3, 0.4) is 0 Å². The predicted molar refractivity (Wildman–Crippen MR) is 135 cm³/mol. The van der Waals surface area contributed by atoms with E-state index in [0.29, 0.717) is 25.2 Å². The van der Waals surface area contributed by atoms with Crippen LogP contribution >= 0.6 is 0 Å². The largest absolute Gasteiger partial charge is 0.345 e. The Labute approximate surface area is 206 Å². The van der Waals surface area contributed by atoms with Gasteiger partial charge in [-0.1, -0.05) is 30.3 Å². The van der Waals surface area contributed by atoms with Gasteiger partial charge < -0.3 is 15.1 Å². The fourth-order valence-corrected chi connectivity index (χ4v) is 4.89. The smallest absolute Gasteiger partial charge is 0.259 e. The molecule has 8 heteroatoms. The van der Waals surface area contributed by atoms with Gasteiger partial charge in [-0.3, -0.25) is 24.7 Å². The summed E-state index contributed by atoms with van der Waals surface area (Å²) in [6.07, 6.45) is 1.65. The summed E-state index contributed by atoms with van der Waals surface area (Å²) in [5.74, 6) is 0.225. The fraction of sp³-hybridized carbons (Fsp3) is 0.407. The van der Waals surface area contributed by atoms with Gasteiger partial charge in [-0.25, -0.2) is 0 Å². The lowest BCUT2D eigenvalue weighted by Gasteiger charge is -2.33. The van der Waals surface area contributed by atoms with E-state index in [4.69, 9.17) is 5.41 Å². The SMILES string of the molecule is CC(=O)N1CCC(CN2C(=N)NC(C)(c3cccc(-c4cccc(C(=O)N(C)C)c4)c3)C2=O)CC1. The molecule has 2 heterocycles. The normalized spacial score (nSPS) is 20.7. The molecule has 0 bridgehead atoms. The van der Waals surface area contributed by atoms with E-state index in [0.717, 1.165) is 29.5 Å². The zero-order chi connectivity index (χ0) is 25.3. The molecule has 2 aliphatic rings. The van der Waals surface area contributed by atoms with Crippen LogP contribution in [0.1, 0.15) is 42.6 Å². The quantitative estimate of drug-likeness (QED) is 0.695. The van der Waals surface area contributed by atoms with E-state index < -0.39 is 5.54 Å². The van der Waals surface area contributed by atoms with Crippen LogP contribution in [-0.2, 0) is 15.1 Å². The molecule has 0 radical (unpaired) electrons. The van der Waals surface area contributed by atoms with Gasteiger partial charge in [-0.05, 0) is 60.6 Å². The minimum atomic E-state index is -1.05. The maximum atomic E-state index is 13.6. The summed E-state index contributed by atoms with van der Waals surface area (Å²) in [4.78, 5) is 42.5. The van der Waals surface area contributed by atoms with Crippen molar-refractivity contribution in [3.8, 4) is 11.1 Å². The third kappa shape index (κ3) is 4.78. The first-order valence-corrected chi connectivity index (χ1v) is 12.0. The van der Waals surface area contributed by atoms with Crippen molar-refractivity contribution in [2.45, 2.75) is 32.2 Å². The summed E-state index contributed by atoms with van der Waals surface area (Å²) < 4.78 is 0. The number of amides is 3. The Bertz CT molecular complexity index is 1170. The Hall–Kier alpha value is -3.68. The molecule has 2 N–H and O–H groups in total. The van der Waals surface area contributed by atoms with Gasteiger partial charge in [0.15, 0.2) is 5.96 Å². The van der Waals surface area contributed by atoms with Gasteiger partial charge in [0.2, 0.25) is 5.91 Å². The van der Waals surface area contributed by atoms with E-state index in [1.165, 1.54) is 4.90 Å². The molecule has 0 spiro atoms. The van der Waals surface area contributed by atoms with Crippen LogP contribution in [0.15, 0.2) is 48.5 Å². The second-order valence-electron chi connectivity index (χ2n) is 9.82. The first kappa shape index (κ1) is 24.4. The molecule has 8 nitrogen and oxygen atoms in total. The van der Waals surface area contributed by atoms with Crippen molar-refractivity contribution in [1.29, 1.82) is 5.41 Å². The summed E-state index contributed by atoms with van der Waals surface area (Å²) in [7, 11) is 3.45. The van der Waals surface area contributed by atoms with Crippen LogP contribution < -0.4 is 5.32 Å².